The number of ketones is 1. The zero-order chi connectivity index (χ0) is 12.3. The van der Waals surface area contributed by atoms with Gasteiger partial charge in [0.15, 0.2) is 17.3 Å². The topological polar surface area (TPSA) is 35.5 Å². The molecule has 0 atom stereocenters. The standard InChI is InChI=1S/C14H16O3/c1-10(2)7-12(15)5-3-11-4-6-13-14(8-11)17-9-16-13/h3-6,8,10H,7,9H2,1-2H3. The van der Waals surface area contributed by atoms with Crippen LogP contribution in [0, 0.1) is 5.92 Å². The lowest BCUT2D eigenvalue weighted by Crippen LogP contribution is -1.98. The minimum absolute atomic E-state index is 0.151. The van der Waals surface area contributed by atoms with Crippen molar-refractivity contribution in [2.24, 2.45) is 5.92 Å². The summed E-state index contributed by atoms with van der Waals surface area (Å²) >= 11 is 0. The number of benzene rings is 1. The number of hydrogen-bond donors (Lipinski definition) is 0. The number of hydrogen-bond acceptors (Lipinski definition) is 3. The Balaban J connectivity index is 2.04. The molecule has 0 aromatic heterocycles. The van der Waals surface area contributed by atoms with Gasteiger partial charge in [0.05, 0.1) is 0 Å². The molecule has 0 unspecified atom stereocenters. The molecule has 3 heteroatoms. The van der Waals surface area contributed by atoms with Crippen LogP contribution in [0.4, 0.5) is 0 Å². The van der Waals surface area contributed by atoms with Gasteiger partial charge in [-0.25, -0.2) is 0 Å². The molecular weight excluding hydrogens is 216 g/mol. The van der Waals surface area contributed by atoms with Crippen LogP contribution in [0.15, 0.2) is 24.3 Å². The molecule has 0 radical (unpaired) electrons. The Morgan fingerprint density at radius 2 is 2.12 bits per heavy atom. The van der Waals surface area contributed by atoms with Gasteiger partial charge >= 0.3 is 0 Å². The van der Waals surface area contributed by atoms with E-state index in [1.54, 1.807) is 6.08 Å². The van der Waals surface area contributed by atoms with E-state index in [4.69, 9.17) is 9.47 Å². The van der Waals surface area contributed by atoms with Crippen molar-refractivity contribution in [3.63, 3.8) is 0 Å². The molecule has 1 aliphatic rings. The second-order valence-electron chi connectivity index (χ2n) is 4.51. The van der Waals surface area contributed by atoms with Crippen molar-refractivity contribution in [2.75, 3.05) is 6.79 Å². The maximum Gasteiger partial charge on any atom is 0.231 e. The van der Waals surface area contributed by atoms with E-state index in [2.05, 4.69) is 0 Å². The molecule has 0 spiro atoms. The first-order valence-corrected chi connectivity index (χ1v) is 5.75. The van der Waals surface area contributed by atoms with Gasteiger partial charge in [-0.3, -0.25) is 4.79 Å². The summed E-state index contributed by atoms with van der Waals surface area (Å²) in [5, 5.41) is 0. The number of ether oxygens (including phenoxy) is 2. The van der Waals surface area contributed by atoms with Gasteiger partial charge in [0.2, 0.25) is 6.79 Å². The van der Waals surface area contributed by atoms with Crippen LogP contribution in [0.3, 0.4) is 0 Å². The maximum atomic E-state index is 11.5. The van der Waals surface area contributed by atoms with E-state index in [-0.39, 0.29) is 12.6 Å². The summed E-state index contributed by atoms with van der Waals surface area (Å²) in [6, 6.07) is 5.64. The van der Waals surface area contributed by atoms with Gasteiger partial charge in [-0.2, -0.15) is 0 Å². The quantitative estimate of drug-likeness (QED) is 0.748. The second kappa shape index (κ2) is 5.04. The summed E-state index contributed by atoms with van der Waals surface area (Å²) in [7, 11) is 0. The van der Waals surface area contributed by atoms with Gasteiger partial charge in [0.25, 0.3) is 0 Å². The summed E-state index contributed by atoms with van der Waals surface area (Å²) in [4.78, 5) is 11.5. The Bertz CT molecular complexity index is 447. The summed E-state index contributed by atoms with van der Waals surface area (Å²) < 4.78 is 10.5. The molecule has 0 bridgehead atoms. The number of carbonyl (C=O) groups is 1. The molecule has 1 aliphatic heterocycles. The first-order valence-electron chi connectivity index (χ1n) is 5.75. The first kappa shape index (κ1) is 11.7. The minimum atomic E-state index is 0.151. The number of allylic oxidation sites excluding steroid dienone is 1. The smallest absolute Gasteiger partial charge is 0.231 e. The molecule has 0 saturated carbocycles. The summed E-state index contributed by atoms with van der Waals surface area (Å²) in [6.07, 6.45) is 4.02. The molecule has 0 N–H and O–H groups in total. The second-order valence-corrected chi connectivity index (χ2v) is 4.51. The van der Waals surface area contributed by atoms with Crippen LogP contribution in [0.25, 0.3) is 6.08 Å². The largest absolute Gasteiger partial charge is 0.454 e. The Morgan fingerprint density at radius 3 is 2.88 bits per heavy atom. The molecule has 0 fully saturated rings. The predicted octanol–water partition coefficient (Wildman–Crippen LogP) is 3.04. The average molecular weight is 232 g/mol. The Kier molecular flexibility index (Phi) is 3.47. The monoisotopic (exact) mass is 232 g/mol. The summed E-state index contributed by atoms with van der Waals surface area (Å²) in [5.41, 5.74) is 0.950. The van der Waals surface area contributed by atoms with Crippen LogP contribution in [0.5, 0.6) is 11.5 Å². The van der Waals surface area contributed by atoms with E-state index < -0.39 is 0 Å². The molecule has 0 saturated heterocycles. The SMILES string of the molecule is CC(C)CC(=O)C=Cc1ccc2c(c1)OCO2. The summed E-state index contributed by atoms with van der Waals surface area (Å²) in [6.45, 7) is 4.34. The van der Waals surface area contributed by atoms with Crippen LogP contribution in [0.2, 0.25) is 0 Å². The number of fused-ring (bicyclic) bond motifs is 1. The van der Waals surface area contributed by atoms with E-state index >= 15 is 0 Å². The van der Waals surface area contributed by atoms with Crippen molar-refractivity contribution in [2.45, 2.75) is 20.3 Å². The van der Waals surface area contributed by atoms with Gasteiger partial charge in [-0.05, 0) is 29.7 Å². The third kappa shape index (κ3) is 3.09. The van der Waals surface area contributed by atoms with E-state index in [1.165, 1.54) is 0 Å². The van der Waals surface area contributed by atoms with E-state index in [1.807, 2.05) is 38.1 Å². The van der Waals surface area contributed by atoms with E-state index in [9.17, 15) is 4.79 Å². The maximum absolute atomic E-state index is 11.5. The predicted molar refractivity (Wildman–Crippen MR) is 66.1 cm³/mol. The fraction of sp³-hybridized carbons (Fsp3) is 0.357. The Hall–Kier alpha value is -1.77. The van der Waals surface area contributed by atoms with Crippen LogP contribution >= 0.6 is 0 Å². The number of rotatable bonds is 4. The fourth-order valence-electron chi connectivity index (χ4n) is 1.68. The van der Waals surface area contributed by atoms with Crippen LogP contribution in [-0.4, -0.2) is 12.6 Å². The molecule has 1 heterocycles. The highest BCUT2D eigenvalue weighted by Gasteiger charge is 2.12. The lowest BCUT2D eigenvalue weighted by molar-refractivity contribution is -0.115. The molecule has 3 nitrogen and oxygen atoms in total. The van der Waals surface area contributed by atoms with Crippen molar-refractivity contribution < 1.29 is 14.3 Å². The molecule has 2 rings (SSSR count). The average Bonchev–Trinajstić information content (AvgIpc) is 2.72. The third-order valence-corrected chi connectivity index (χ3v) is 2.47. The lowest BCUT2D eigenvalue weighted by Gasteiger charge is -1.99. The van der Waals surface area contributed by atoms with Crippen LogP contribution in [-0.2, 0) is 4.79 Å². The molecule has 90 valence electrons. The van der Waals surface area contributed by atoms with Crippen molar-refractivity contribution in [3.8, 4) is 11.5 Å². The highest BCUT2D eigenvalue weighted by molar-refractivity contribution is 5.93. The molecule has 1 aromatic carbocycles. The normalized spacial score (nSPS) is 13.6. The zero-order valence-electron chi connectivity index (χ0n) is 10.1. The van der Waals surface area contributed by atoms with Gasteiger partial charge in [0.1, 0.15) is 0 Å². The van der Waals surface area contributed by atoms with Crippen molar-refractivity contribution in [1.82, 2.24) is 0 Å². The van der Waals surface area contributed by atoms with Crippen LogP contribution < -0.4 is 9.47 Å². The third-order valence-electron chi connectivity index (χ3n) is 2.47. The molecule has 1 aromatic rings. The lowest BCUT2D eigenvalue weighted by atomic mass is 10.1. The van der Waals surface area contributed by atoms with Gasteiger partial charge < -0.3 is 9.47 Å². The van der Waals surface area contributed by atoms with Crippen molar-refractivity contribution >= 4 is 11.9 Å². The van der Waals surface area contributed by atoms with E-state index in [0.29, 0.717) is 12.3 Å². The van der Waals surface area contributed by atoms with Gasteiger partial charge in [-0.15, -0.1) is 0 Å². The zero-order valence-corrected chi connectivity index (χ0v) is 10.1. The van der Waals surface area contributed by atoms with E-state index in [0.717, 1.165) is 17.1 Å². The fourth-order valence-corrected chi connectivity index (χ4v) is 1.68. The highest BCUT2D eigenvalue weighted by Crippen LogP contribution is 2.32. The molecule has 0 amide bonds. The van der Waals surface area contributed by atoms with Gasteiger partial charge in [0, 0.05) is 6.42 Å². The van der Waals surface area contributed by atoms with Crippen molar-refractivity contribution in [3.05, 3.63) is 29.8 Å². The Labute approximate surface area is 101 Å². The first-order chi connectivity index (χ1) is 8.15. The minimum Gasteiger partial charge on any atom is -0.454 e. The van der Waals surface area contributed by atoms with Crippen molar-refractivity contribution in [1.29, 1.82) is 0 Å². The van der Waals surface area contributed by atoms with Gasteiger partial charge in [-0.1, -0.05) is 26.0 Å². The highest BCUT2D eigenvalue weighted by atomic mass is 16.7. The Morgan fingerprint density at radius 1 is 1.35 bits per heavy atom. The molecule has 0 aliphatic carbocycles. The molecule has 17 heavy (non-hydrogen) atoms. The summed E-state index contributed by atoms with van der Waals surface area (Å²) in [5.74, 6) is 2.04. The van der Waals surface area contributed by atoms with Crippen LogP contribution in [0.1, 0.15) is 25.8 Å². The number of carbonyl (C=O) groups excluding carboxylic acids is 1. The molecular formula is C14H16O3.